The summed E-state index contributed by atoms with van der Waals surface area (Å²) in [7, 11) is 3.56. The molecule has 0 unspecified atom stereocenters. The number of carbonyl (C=O) groups is 1. The van der Waals surface area contributed by atoms with Gasteiger partial charge in [-0.15, -0.1) is 0 Å². The number of nitrogens with zero attached hydrogens (tertiary/aromatic N) is 1. The van der Waals surface area contributed by atoms with Crippen LogP contribution in [0.15, 0.2) is 18.2 Å². The molecule has 0 aromatic heterocycles. The van der Waals surface area contributed by atoms with Crippen molar-refractivity contribution < 1.29 is 14.3 Å². The van der Waals surface area contributed by atoms with Crippen molar-refractivity contribution in [1.29, 1.82) is 0 Å². The summed E-state index contributed by atoms with van der Waals surface area (Å²) in [4.78, 5) is 14.8. The number of ether oxygens (including phenoxy) is 2. The van der Waals surface area contributed by atoms with E-state index >= 15 is 0 Å². The fourth-order valence-corrected chi connectivity index (χ4v) is 3.08. The number of piperidine rings is 1. The van der Waals surface area contributed by atoms with Crippen molar-refractivity contribution in [2.75, 3.05) is 47.0 Å². The van der Waals surface area contributed by atoms with E-state index in [4.69, 9.17) is 21.1 Å². The molecule has 1 N–H and O–H groups in total. The van der Waals surface area contributed by atoms with Crippen molar-refractivity contribution in [3.8, 4) is 5.75 Å². The first-order chi connectivity index (χ1) is 11.2. The van der Waals surface area contributed by atoms with Gasteiger partial charge in [-0.3, -0.25) is 4.79 Å². The van der Waals surface area contributed by atoms with E-state index < -0.39 is 0 Å². The van der Waals surface area contributed by atoms with Crippen molar-refractivity contribution in [3.05, 3.63) is 28.8 Å². The van der Waals surface area contributed by atoms with Crippen molar-refractivity contribution in [1.82, 2.24) is 10.2 Å². The second-order valence-corrected chi connectivity index (χ2v) is 6.24. The van der Waals surface area contributed by atoms with Gasteiger partial charge in [0.1, 0.15) is 12.4 Å². The number of benzene rings is 1. The van der Waals surface area contributed by atoms with Gasteiger partial charge >= 0.3 is 0 Å². The molecule has 1 aliphatic heterocycles. The molecule has 0 aliphatic carbocycles. The third-order valence-electron chi connectivity index (χ3n) is 4.02. The summed E-state index contributed by atoms with van der Waals surface area (Å²) in [5, 5.41) is 3.73. The highest BCUT2D eigenvalue weighted by atomic mass is 35.5. The molecule has 1 aromatic rings. The molecule has 1 fully saturated rings. The number of nitrogens with one attached hydrogen (secondary N) is 1. The molecule has 0 spiro atoms. The number of likely N-dealkylation sites (tertiary alicyclic amines) is 1. The molecule has 1 heterocycles. The number of carbonyl (C=O) groups excluding carboxylic acids is 1. The number of rotatable bonds is 7. The monoisotopic (exact) mass is 340 g/mol. The zero-order valence-electron chi connectivity index (χ0n) is 13.8. The van der Waals surface area contributed by atoms with Gasteiger partial charge in [0.2, 0.25) is 0 Å². The minimum absolute atomic E-state index is 0.0132. The maximum atomic E-state index is 12.9. The van der Waals surface area contributed by atoms with Crippen LogP contribution in [-0.4, -0.2) is 57.8 Å². The van der Waals surface area contributed by atoms with Crippen molar-refractivity contribution >= 4 is 17.5 Å². The molecule has 1 aromatic carbocycles. The Morgan fingerprint density at radius 2 is 2.26 bits per heavy atom. The van der Waals surface area contributed by atoms with Crippen LogP contribution in [0.2, 0.25) is 5.02 Å². The Kier molecular flexibility index (Phi) is 7.15. The Balaban J connectivity index is 2.12. The number of amides is 1. The van der Waals surface area contributed by atoms with Crippen molar-refractivity contribution in [2.45, 2.75) is 12.8 Å². The van der Waals surface area contributed by atoms with Gasteiger partial charge in [0.15, 0.2) is 0 Å². The largest absolute Gasteiger partial charge is 0.490 e. The topological polar surface area (TPSA) is 50.8 Å². The molecule has 1 amide bonds. The summed E-state index contributed by atoms with van der Waals surface area (Å²) >= 11 is 6.08. The summed E-state index contributed by atoms with van der Waals surface area (Å²) in [6, 6.07) is 5.18. The zero-order valence-corrected chi connectivity index (χ0v) is 14.6. The third-order valence-corrected chi connectivity index (χ3v) is 4.25. The van der Waals surface area contributed by atoms with Crippen LogP contribution in [0.3, 0.4) is 0 Å². The van der Waals surface area contributed by atoms with Crippen LogP contribution in [0.1, 0.15) is 23.2 Å². The summed E-state index contributed by atoms with van der Waals surface area (Å²) < 4.78 is 10.7. The summed E-state index contributed by atoms with van der Waals surface area (Å²) in [6.45, 7) is 3.36. The molecule has 1 saturated heterocycles. The second-order valence-electron chi connectivity index (χ2n) is 5.80. The molecule has 23 heavy (non-hydrogen) atoms. The standard InChI is InChI=1S/C17H25ClN2O3/c1-19-11-13-4-3-7-20(12-13)17(21)15-10-14(18)5-6-16(15)23-9-8-22-2/h5-6,10,13,19H,3-4,7-9,11-12H2,1-2H3/t13-/m1/s1. The third kappa shape index (κ3) is 5.09. The molecule has 0 saturated carbocycles. The lowest BCUT2D eigenvalue weighted by Crippen LogP contribution is -2.42. The van der Waals surface area contributed by atoms with E-state index in [9.17, 15) is 4.79 Å². The van der Waals surface area contributed by atoms with Crippen LogP contribution < -0.4 is 10.1 Å². The van der Waals surface area contributed by atoms with E-state index in [2.05, 4.69) is 5.32 Å². The minimum Gasteiger partial charge on any atom is -0.490 e. The fraction of sp³-hybridized carbons (Fsp3) is 0.588. The highest BCUT2D eigenvalue weighted by molar-refractivity contribution is 6.31. The van der Waals surface area contributed by atoms with E-state index in [0.717, 1.165) is 32.5 Å². The quantitative estimate of drug-likeness (QED) is 0.775. The van der Waals surface area contributed by atoms with Crippen LogP contribution in [-0.2, 0) is 4.74 Å². The average Bonchev–Trinajstić information content (AvgIpc) is 2.56. The molecule has 1 atom stereocenters. The van der Waals surface area contributed by atoms with E-state index in [1.54, 1.807) is 25.3 Å². The molecular weight excluding hydrogens is 316 g/mol. The molecule has 128 valence electrons. The van der Waals surface area contributed by atoms with Crippen molar-refractivity contribution in [3.63, 3.8) is 0 Å². The number of halogens is 1. The molecule has 1 aliphatic rings. The van der Waals surface area contributed by atoms with Crippen LogP contribution in [0.5, 0.6) is 5.75 Å². The van der Waals surface area contributed by atoms with Gasteiger partial charge < -0.3 is 19.7 Å². The Morgan fingerprint density at radius 1 is 1.43 bits per heavy atom. The first-order valence-electron chi connectivity index (χ1n) is 8.01. The van der Waals surface area contributed by atoms with Gasteiger partial charge in [-0.25, -0.2) is 0 Å². The maximum Gasteiger partial charge on any atom is 0.257 e. The first-order valence-corrected chi connectivity index (χ1v) is 8.38. The van der Waals surface area contributed by atoms with E-state index in [1.807, 2.05) is 11.9 Å². The molecule has 0 bridgehead atoms. The lowest BCUT2D eigenvalue weighted by Gasteiger charge is -2.33. The van der Waals surface area contributed by atoms with Crippen LogP contribution >= 0.6 is 11.6 Å². The van der Waals surface area contributed by atoms with E-state index in [-0.39, 0.29) is 5.91 Å². The molecular formula is C17H25ClN2O3. The average molecular weight is 341 g/mol. The van der Waals surface area contributed by atoms with Gasteiger partial charge in [0.05, 0.1) is 12.2 Å². The first kappa shape index (κ1) is 18.0. The Morgan fingerprint density at radius 3 is 3.00 bits per heavy atom. The number of methoxy groups -OCH3 is 1. The van der Waals surface area contributed by atoms with Gasteiger partial charge in [0, 0.05) is 25.2 Å². The summed E-state index contributed by atoms with van der Waals surface area (Å²) in [6.07, 6.45) is 2.18. The zero-order chi connectivity index (χ0) is 16.7. The minimum atomic E-state index is -0.0132. The molecule has 0 radical (unpaired) electrons. The van der Waals surface area contributed by atoms with E-state index in [1.165, 1.54) is 0 Å². The molecule has 5 nitrogen and oxygen atoms in total. The highest BCUT2D eigenvalue weighted by Crippen LogP contribution is 2.26. The smallest absolute Gasteiger partial charge is 0.257 e. The lowest BCUT2D eigenvalue weighted by molar-refractivity contribution is 0.0667. The molecule has 6 heteroatoms. The Bertz CT molecular complexity index is 523. The van der Waals surface area contributed by atoms with Gasteiger partial charge in [-0.2, -0.15) is 0 Å². The highest BCUT2D eigenvalue weighted by Gasteiger charge is 2.26. The normalized spacial score (nSPS) is 18.0. The van der Waals surface area contributed by atoms with Crippen LogP contribution in [0.4, 0.5) is 0 Å². The fourth-order valence-electron chi connectivity index (χ4n) is 2.91. The Labute approximate surface area is 142 Å². The van der Waals surface area contributed by atoms with Gasteiger partial charge in [-0.05, 0) is 50.6 Å². The predicted molar refractivity (Wildman–Crippen MR) is 91.4 cm³/mol. The lowest BCUT2D eigenvalue weighted by atomic mass is 9.97. The van der Waals surface area contributed by atoms with Crippen LogP contribution in [0, 0.1) is 5.92 Å². The summed E-state index contributed by atoms with van der Waals surface area (Å²) in [5.74, 6) is 1.04. The maximum absolute atomic E-state index is 12.9. The number of hydrogen-bond acceptors (Lipinski definition) is 4. The van der Waals surface area contributed by atoms with Gasteiger partial charge in [-0.1, -0.05) is 11.6 Å². The second kappa shape index (κ2) is 9.11. The predicted octanol–water partition coefficient (Wildman–Crippen LogP) is 2.44. The molecule has 2 rings (SSSR count). The van der Waals surface area contributed by atoms with Gasteiger partial charge in [0.25, 0.3) is 5.91 Å². The van der Waals surface area contributed by atoms with E-state index in [0.29, 0.717) is 35.5 Å². The van der Waals surface area contributed by atoms with Crippen LogP contribution in [0.25, 0.3) is 0 Å². The van der Waals surface area contributed by atoms with Crippen molar-refractivity contribution in [2.24, 2.45) is 5.92 Å². The summed E-state index contributed by atoms with van der Waals surface area (Å²) in [5.41, 5.74) is 0.527. The number of hydrogen-bond donors (Lipinski definition) is 1. The Hall–Kier alpha value is -1.30. The SMILES string of the molecule is CNC[C@H]1CCCN(C(=O)c2cc(Cl)ccc2OCCOC)C1.